The first-order valence-corrected chi connectivity index (χ1v) is 9.24. The van der Waals surface area contributed by atoms with E-state index in [1.807, 2.05) is 19.1 Å². The molecule has 8 heteroatoms. The summed E-state index contributed by atoms with van der Waals surface area (Å²) in [4.78, 5) is 38.8. The summed E-state index contributed by atoms with van der Waals surface area (Å²) in [5.74, 6) is -0.473. The summed E-state index contributed by atoms with van der Waals surface area (Å²) in [6.45, 7) is 2.00. The van der Waals surface area contributed by atoms with E-state index in [-0.39, 0.29) is 5.57 Å². The first-order chi connectivity index (χ1) is 14.4. The van der Waals surface area contributed by atoms with Crippen LogP contribution in [0.15, 0.2) is 42.0 Å². The van der Waals surface area contributed by atoms with Gasteiger partial charge in [0.1, 0.15) is 5.57 Å². The number of hydrogen-bond donors (Lipinski definition) is 1. The van der Waals surface area contributed by atoms with E-state index in [0.717, 1.165) is 16.9 Å². The quantitative estimate of drug-likeness (QED) is 0.581. The van der Waals surface area contributed by atoms with Crippen molar-refractivity contribution >= 4 is 29.6 Å². The highest BCUT2D eigenvalue weighted by atomic mass is 16.5. The largest absolute Gasteiger partial charge is 0.493 e. The molecule has 1 saturated heterocycles. The van der Waals surface area contributed by atoms with Crippen molar-refractivity contribution in [3.63, 3.8) is 0 Å². The summed E-state index contributed by atoms with van der Waals surface area (Å²) < 4.78 is 16.0. The molecule has 0 bridgehead atoms. The highest BCUT2D eigenvalue weighted by molar-refractivity contribution is 6.39. The molecule has 3 rings (SSSR count). The van der Waals surface area contributed by atoms with Crippen LogP contribution < -0.4 is 24.4 Å². The van der Waals surface area contributed by atoms with Gasteiger partial charge in [0.2, 0.25) is 5.75 Å². The predicted octanol–water partition coefficient (Wildman–Crippen LogP) is 2.94. The molecule has 8 nitrogen and oxygen atoms in total. The minimum atomic E-state index is -0.800. The van der Waals surface area contributed by atoms with Gasteiger partial charge >= 0.3 is 6.03 Å². The van der Waals surface area contributed by atoms with Crippen molar-refractivity contribution in [2.75, 3.05) is 26.2 Å². The number of nitrogens with zero attached hydrogens (tertiary/aromatic N) is 1. The van der Waals surface area contributed by atoms with E-state index in [0.29, 0.717) is 28.5 Å². The van der Waals surface area contributed by atoms with Crippen LogP contribution in [0.1, 0.15) is 18.1 Å². The van der Waals surface area contributed by atoms with E-state index < -0.39 is 17.8 Å². The van der Waals surface area contributed by atoms with E-state index in [4.69, 9.17) is 14.2 Å². The molecular weight excluding hydrogens is 388 g/mol. The second-order valence-corrected chi connectivity index (χ2v) is 6.40. The molecule has 1 fully saturated rings. The summed E-state index contributed by atoms with van der Waals surface area (Å²) in [6.07, 6.45) is 2.18. The van der Waals surface area contributed by atoms with Crippen molar-refractivity contribution in [3.05, 3.63) is 53.1 Å². The number of aryl methyl sites for hydroxylation is 1. The first-order valence-electron chi connectivity index (χ1n) is 9.24. The molecule has 156 valence electrons. The molecule has 0 aromatic heterocycles. The Balaban J connectivity index is 2.06. The zero-order valence-corrected chi connectivity index (χ0v) is 17.1. The lowest BCUT2D eigenvalue weighted by Crippen LogP contribution is -2.54. The minimum absolute atomic E-state index is 0.209. The van der Waals surface area contributed by atoms with E-state index in [9.17, 15) is 14.4 Å². The molecule has 4 amide bonds. The predicted molar refractivity (Wildman–Crippen MR) is 111 cm³/mol. The van der Waals surface area contributed by atoms with E-state index in [1.165, 1.54) is 27.4 Å². The van der Waals surface area contributed by atoms with Gasteiger partial charge in [-0.1, -0.05) is 19.1 Å². The summed E-state index contributed by atoms with van der Waals surface area (Å²) in [6, 6.07) is 9.45. The third kappa shape index (κ3) is 3.71. The Bertz CT molecular complexity index is 1030. The zero-order valence-electron chi connectivity index (χ0n) is 17.1. The lowest BCUT2D eigenvalue weighted by molar-refractivity contribution is -0.122. The molecule has 0 saturated carbocycles. The van der Waals surface area contributed by atoms with E-state index in [1.54, 1.807) is 24.3 Å². The number of methoxy groups -OCH3 is 3. The number of nitrogens with one attached hydrogen (secondary N) is 1. The Hall–Kier alpha value is -3.81. The third-order valence-electron chi connectivity index (χ3n) is 4.74. The Morgan fingerprint density at radius 1 is 0.900 bits per heavy atom. The van der Waals surface area contributed by atoms with Crippen LogP contribution in [0.2, 0.25) is 0 Å². The fourth-order valence-corrected chi connectivity index (χ4v) is 3.17. The second-order valence-electron chi connectivity index (χ2n) is 6.40. The Morgan fingerprint density at radius 3 is 2.13 bits per heavy atom. The zero-order chi connectivity index (χ0) is 21.8. The number of imide groups is 2. The van der Waals surface area contributed by atoms with Crippen LogP contribution in [0.25, 0.3) is 6.08 Å². The van der Waals surface area contributed by atoms with Crippen LogP contribution in [0.3, 0.4) is 0 Å². The topological polar surface area (TPSA) is 94.2 Å². The Labute approximate surface area is 174 Å². The van der Waals surface area contributed by atoms with Crippen molar-refractivity contribution in [2.24, 2.45) is 0 Å². The van der Waals surface area contributed by atoms with Crippen molar-refractivity contribution < 1.29 is 28.6 Å². The van der Waals surface area contributed by atoms with Gasteiger partial charge in [-0.05, 0) is 42.3 Å². The number of hydrogen-bond acceptors (Lipinski definition) is 6. The monoisotopic (exact) mass is 410 g/mol. The van der Waals surface area contributed by atoms with Gasteiger partial charge in [0.25, 0.3) is 11.8 Å². The van der Waals surface area contributed by atoms with Crippen molar-refractivity contribution in [1.29, 1.82) is 0 Å². The molecule has 0 atom stereocenters. The first kappa shape index (κ1) is 20.9. The smallest absolute Gasteiger partial charge is 0.335 e. The lowest BCUT2D eigenvalue weighted by atomic mass is 10.0. The molecule has 30 heavy (non-hydrogen) atoms. The van der Waals surface area contributed by atoms with Crippen molar-refractivity contribution in [2.45, 2.75) is 13.3 Å². The minimum Gasteiger partial charge on any atom is -0.493 e. The molecule has 1 aliphatic rings. The molecule has 0 radical (unpaired) electrons. The summed E-state index contributed by atoms with van der Waals surface area (Å²) in [5, 5.41) is 2.21. The molecule has 1 heterocycles. The van der Waals surface area contributed by atoms with Gasteiger partial charge in [-0.2, -0.15) is 0 Å². The number of anilines is 1. The highest BCUT2D eigenvalue weighted by Gasteiger charge is 2.37. The molecule has 1 aliphatic heterocycles. The maximum Gasteiger partial charge on any atom is 0.335 e. The number of urea groups is 1. The SMILES string of the molecule is CCc1ccc(N2C(=O)NC(=O)C(=Cc3ccc(OC)c(OC)c3OC)C2=O)cc1. The number of carbonyl (C=O) groups is 3. The van der Waals surface area contributed by atoms with Gasteiger partial charge in [0, 0.05) is 5.56 Å². The molecule has 0 spiro atoms. The maximum atomic E-state index is 13.1. The summed E-state index contributed by atoms with van der Waals surface area (Å²) >= 11 is 0. The molecule has 0 unspecified atom stereocenters. The summed E-state index contributed by atoms with van der Waals surface area (Å²) in [5.41, 5.74) is 1.64. The molecular formula is C22H22N2O6. The third-order valence-corrected chi connectivity index (χ3v) is 4.74. The highest BCUT2D eigenvalue weighted by Crippen LogP contribution is 2.40. The van der Waals surface area contributed by atoms with Crippen LogP contribution in [0.4, 0.5) is 10.5 Å². The van der Waals surface area contributed by atoms with Gasteiger partial charge in [-0.25, -0.2) is 9.69 Å². The maximum absolute atomic E-state index is 13.1. The number of benzene rings is 2. The summed E-state index contributed by atoms with van der Waals surface area (Å²) in [7, 11) is 4.38. The number of carbonyl (C=O) groups excluding carboxylic acids is 3. The normalized spacial score (nSPS) is 15.3. The number of rotatable bonds is 6. The molecule has 1 N–H and O–H groups in total. The lowest BCUT2D eigenvalue weighted by Gasteiger charge is -2.26. The molecule has 2 aromatic rings. The standard InChI is InChI=1S/C22H22N2O6/c1-5-13-6-9-15(10-7-13)24-21(26)16(20(25)23-22(24)27)12-14-8-11-17(28-2)19(30-4)18(14)29-3/h6-12H,5H2,1-4H3,(H,23,25,27). The van der Waals surface area contributed by atoms with Crippen LogP contribution in [0, 0.1) is 0 Å². The van der Waals surface area contributed by atoms with Crippen molar-refractivity contribution in [1.82, 2.24) is 5.32 Å². The van der Waals surface area contributed by atoms with Crippen LogP contribution in [-0.4, -0.2) is 39.2 Å². The number of barbiturate groups is 1. The van der Waals surface area contributed by atoms with Crippen LogP contribution in [-0.2, 0) is 16.0 Å². The Kier molecular flexibility index (Phi) is 6.06. The van der Waals surface area contributed by atoms with E-state index >= 15 is 0 Å². The van der Waals surface area contributed by atoms with Gasteiger partial charge in [-0.15, -0.1) is 0 Å². The van der Waals surface area contributed by atoms with Gasteiger partial charge in [-0.3, -0.25) is 14.9 Å². The van der Waals surface area contributed by atoms with Crippen LogP contribution in [0.5, 0.6) is 17.2 Å². The average Bonchev–Trinajstić information content (AvgIpc) is 2.76. The van der Waals surface area contributed by atoms with Crippen molar-refractivity contribution in [3.8, 4) is 17.2 Å². The van der Waals surface area contributed by atoms with Gasteiger partial charge in [0.15, 0.2) is 11.5 Å². The number of amides is 4. The van der Waals surface area contributed by atoms with E-state index in [2.05, 4.69) is 5.32 Å². The molecule has 0 aliphatic carbocycles. The fraction of sp³-hybridized carbons (Fsp3) is 0.227. The average molecular weight is 410 g/mol. The van der Waals surface area contributed by atoms with Crippen LogP contribution >= 0.6 is 0 Å². The second kappa shape index (κ2) is 8.69. The fourth-order valence-electron chi connectivity index (χ4n) is 3.17. The van der Waals surface area contributed by atoms with Gasteiger partial charge < -0.3 is 14.2 Å². The van der Waals surface area contributed by atoms with Gasteiger partial charge in [0.05, 0.1) is 27.0 Å². The molecule has 2 aromatic carbocycles. The number of ether oxygens (including phenoxy) is 3. The Morgan fingerprint density at radius 2 is 1.57 bits per heavy atom.